The number of carbonyl (C=O) groups is 1. The van der Waals surface area contributed by atoms with Crippen LogP contribution in [0.1, 0.15) is 24.1 Å². The minimum Gasteiger partial charge on any atom is -0.478 e. The second-order valence-corrected chi connectivity index (χ2v) is 7.60. The number of aryl methyl sites for hydroxylation is 2. The minimum absolute atomic E-state index is 0.453. The first-order chi connectivity index (χ1) is 13.4. The summed E-state index contributed by atoms with van der Waals surface area (Å²) in [7, 11) is 1.92. The van der Waals surface area contributed by atoms with Crippen LogP contribution < -0.4 is 4.74 Å². The average Bonchev–Trinajstić information content (AvgIpc) is 3.00. The second kappa shape index (κ2) is 7.28. The van der Waals surface area contributed by atoms with Gasteiger partial charge >= 0.3 is 5.97 Å². The van der Waals surface area contributed by atoms with E-state index < -0.39 is 11.6 Å². The summed E-state index contributed by atoms with van der Waals surface area (Å²) in [5.74, 6) is -0.282. The molecule has 3 aromatic rings. The molecule has 1 aliphatic heterocycles. The van der Waals surface area contributed by atoms with Crippen molar-refractivity contribution in [2.75, 3.05) is 13.1 Å². The van der Waals surface area contributed by atoms with E-state index in [0.717, 1.165) is 23.0 Å². The van der Waals surface area contributed by atoms with Crippen molar-refractivity contribution in [1.29, 1.82) is 0 Å². The maximum absolute atomic E-state index is 12.1. The maximum Gasteiger partial charge on any atom is 0.348 e. The number of carboxylic acid groups (broad SMARTS) is 1. The number of nitrogens with zero attached hydrogens (tertiary/aromatic N) is 3. The van der Waals surface area contributed by atoms with Gasteiger partial charge in [0.25, 0.3) is 0 Å². The van der Waals surface area contributed by atoms with Crippen molar-refractivity contribution < 1.29 is 14.6 Å². The van der Waals surface area contributed by atoms with Gasteiger partial charge in [0.15, 0.2) is 0 Å². The summed E-state index contributed by atoms with van der Waals surface area (Å²) in [4.78, 5) is 14.4. The molecule has 28 heavy (non-hydrogen) atoms. The fourth-order valence-corrected chi connectivity index (χ4v) is 3.93. The molecule has 146 valence electrons. The predicted octanol–water partition coefficient (Wildman–Crippen LogP) is 3.38. The average molecular weight is 379 g/mol. The Labute approximate surface area is 164 Å². The number of likely N-dealkylation sites (tertiary alicyclic amines) is 1. The smallest absolute Gasteiger partial charge is 0.348 e. The number of fused-ring (bicyclic) bond motifs is 1. The van der Waals surface area contributed by atoms with Crippen molar-refractivity contribution in [3.8, 4) is 5.75 Å². The summed E-state index contributed by atoms with van der Waals surface area (Å²) in [6.45, 7) is 4.14. The summed E-state index contributed by atoms with van der Waals surface area (Å²) >= 11 is 0. The number of hydrogen-bond acceptors (Lipinski definition) is 4. The van der Waals surface area contributed by atoms with E-state index in [-0.39, 0.29) is 0 Å². The number of piperidine rings is 1. The molecule has 1 aromatic heterocycles. The molecular weight excluding hydrogens is 354 g/mol. The fourth-order valence-electron chi connectivity index (χ4n) is 3.93. The highest BCUT2D eigenvalue weighted by molar-refractivity contribution is 5.84. The maximum atomic E-state index is 12.1. The Balaban J connectivity index is 1.48. The van der Waals surface area contributed by atoms with E-state index in [1.807, 2.05) is 67.3 Å². The Morgan fingerprint density at radius 1 is 1.18 bits per heavy atom. The van der Waals surface area contributed by atoms with Crippen LogP contribution in [0.4, 0.5) is 0 Å². The zero-order chi connectivity index (χ0) is 19.7. The summed E-state index contributed by atoms with van der Waals surface area (Å²) in [5, 5.41) is 16.5. The highest BCUT2D eigenvalue weighted by Gasteiger charge is 2.44. The molecule has 0 atom stereocenters. The number of ether oxygens (including phenoxy) is 1. The van der Waals surface area contributed by atoms with E-state index in [1.165, 1.54) is 5.56 Å². The van der Waals surface area contributed by atoms with Crippen LogP contribution in [-0.2, 0) is 18.4 Å². The molecule has 1 aliphatic rings. The first-order valence-corrected chi connectivity index (χ1v) is 9.58. The zero-order valence-corrected chi connectivity index (χ0v) is 16.3. The summed E-state index contributed by atoms with van der Waals surface area (Å²) in [5.41, 5.74) is 1.02. The number of aromatic nitrogens is 2. The molecule has 2 heterocycles. The van der Waals surface area contributed by atoms with Gasteiger partial charge in [-0.1, -0.05) is 30.3 Å². The van der Waals surface area contributed by atoms with Gasteiger partial charge in [-0.05, 0) is 29.8 Å². The van der Waals surface area contributed by atoms with Crippen LogP contribution in [0, 0.1) is 6.92 Å². The van der Waals surface area contributed by atoms with Crippen LogP contribution in [0.15, 0.2) is 48.7 Å². The fraction of sp³-hybridized carbons (Fsp3) is 0.364. The third kappa shape index (κ3) is 3.60. The van der Waals surface area contributed by atoms with Gasteiger partial charge in [-0.2, -0.15) is 5.10 Å². The largest absolute Gasteiger partial charge is 0.478 e. The van der Waals surface area contributed by atoms with Crippen molar-refractivity contribution in [2.24, 2.45) is 7.05 Å². The molecule has 0 bridgehead atoms. The third-order valence-corrected chi connectivity index (χ3v) is 5.60. The van der Waals surface area contributed by atoms with E-state index in [4.69, 9.17) is 4.74 Å². The molecule has 4 rings (SSSR count). The van der Waals surface area contributed by atoms with E-state index in [9.17, 15) is 9.90 Å². The second-order valence-electron chi connectivity index (χ2n) is 7.60. The minimum atomic E-state index is -1.18. The van der Waals surface area contributed by atoms with Gasteiger partial charge in [0.2, 0.25) is 5.60 Å². The number of benzene rings is 2. The molecule has 1 saturated heterocycles. The molecule has 0 amide bonds. The normalized spacial score (nSPS) is 16.9. The monoisotopic (exact) mass is 379 g/mol. The Kier molecular flexibility index (Phi) is 4.81. The third-order valence-electron chi connectivity index (χ3n) is 5.60. The lowest BCUT2D eigenvalue weighted by Gasteiger charge is -2.38. The van der Waals surface area contributed by atoms with Gasteiger partial charge in [-0.15, -0.1) is 0 Å². The number of aliphatic carboxylic acids is 1. The molecule has 1 fully saturated rings. The molecule has 0 radical (unpaired) electrons. The van der Waals surface area contributed by atoms with Gasteiger partial charge in [0.1, 0.15) is 5.75 Å². The Morgan fingerprint density at radius 2 is 1.89 bits per heavy atom. The molecule has 0 spiro atoms. The topological polar surface area (TPSA) is 67.6 Å². The number of hydrogen-bond donors (Lipinski definition) is 1. The molecule has 2 aromatic carbocycles. The summed E-state index contributed by atoms with van der Waals surface area (Å²) in [6.07, 6.45) is 2.93. The SMILES string of the molecule is Cc1nn(C)cc1CN1CCC(Oc2ccc3ccccc3c2)(C(=O)O)CC1. The lowest BCUT2D eigenvalue weighted by Crippen LogP contribution is -2.53. The number of carboxylic acids is 1. The summed E-state index contributed by atoms with van der Waals surface area (Å²) in [6, 6.07) is 13.8. The highest BCUT2D eigenvalue weighted by atomic mass is 16.5. The van der Waals surface area contributed by atoms with Crippen LogP contribution in [0.5, 0.6) is 5.75 Å². The lowest BCUT2D eigenvalue weighted by molar-refractivity contribution is -0.159. The summed E-state index contributed by atoms with van der Waals surface area (Å²) < 4.78 is 7.91. The first kappa shape index (κ1) is 18.5. The van der Waals surface area contributed by atoms with Crippen LogP contribution >= 0.6 is 0 Å². The Bertz CT molecular complexity index is 1000. The highest BCUT2D eigenvalue weighted by Crippen LogP contribution is 2.31. The molecule has 0 unspecified atom stereocenters. The molecule has 0 saturated carbocycles. The predicted molar refractivity (Wildman–Crippen MR) is 107 cm³/mol. The van der Waals surface area contributed by atoms with Crippen molar-refractivity contribution in [3.05, 3.63) is 59.9 Å². The van der Waals surface area contributed by atoms with E-state index >= 15 is 0 Å². The standard InChI is InChI=1S/C22H25N3O3/c1-16-19(14-24(2)23-16)15-25-11-9-22(10-12-25,21(26)27)28-20-8-7-17-5-3-4-6-18(17)13-20/h3-8,13-14H,9-12,15H2,1-2H3,(H,26,27). The zero-order valence-electron chi connectivity index (χ0n) is 16.3. The molecular formula is C22H25N3O3. The molecule has 1 N–H and O–H groups in total. The quantitative estimate of drug-likeness (QED) is 0.736. The van der Waals surface area contributed by atoms with Gasteiger partial charge in [-0.25, -0.2) is 4.79 Å². The van der Waals surface area contributed by atoms with Crippen LogP contribution in [-0.4, -0.2) is 44.4 Å². The van der Waals surface area contributed by atoms with Crippen LogP contribution in [0.2, 0.25) is 0 Å². The Hall–Kier alpha value is -2.86. The van der Waals surface area contributed by atoms with Gasteiger partial charge < -0.3 is 9.84 Å². The molecule has 6 nitrogen and oxygen atoms in total. The van der Waals surface area contributed by atoms with Crippen LogP contribution in [0.3, 0.4) is 0 Å². The number of rotatable bonds is 5. The first-order valence-electron chi connectivity index (χ1n) is 9.58. The van der Waals surface area contributed by atoms with Gasteiger partial charge in [0.05, 0.1) is 5.69 Å². The van der Waals surface area contributed by atoms with Crippen LogP contribution in [0.25, 0.3) is 10.8 Å². The van der Waals surface area contributed by atoms with Crippen molar-refractivity contribution in [3.63, 3.8) is 0 Å². The Morgan fingerprint density at radius 3 is 2.54 bits per heavy atom. The van der Waals surface area contributed by atoms with E-state index in [0.29, 0.717) is 31.7 Å². The van der Waals surface area contributed by atoms with Gasteiger partial charge in [0, 0.05) is 51.3 Å². The lowest BCUT2D eigenvalue weighted by atomic mass is 9.90. The van der Waals surface area contributed by atoms with Crippen molar-refractivity contribution >= 4 is 16.7 Å². The molecule has 0 aliphatic carbocycles. The van der Waals surface area contributed by atoms with Crippen molar-refractivity contribution in [2.45, 2.75) is 31.9 Å². The molecule has 6 heteroatoms. The van der Waals surface area contributed by atoms with Gasteiger partial charge in [-0.3, -0.25) is 9.58 Å². The van der Waals surface area contributed by atoms with E-state index in [1.54, 1.807) is 0 Å². The van der Waals surface area contributed by atoms with Crippen molar-refractivity contribution in [1.82, 2.24) is 14.7 Å². The van der Waals surface area contributed by atoms with E-state index in [2.05, 4.69) is 10.00 Å².